The lowest BCUT2D eigenvalue weighted by molar-refractivity contribution is 0.175. The van der Waals surface area contributed by atoms with Crippen molar-refractivity contribution in [1.29, 1.82) is 0 Å². The quantitative estimate of drug-likeness (QED) is 0.935. The van der Waals surface area contributed by atoms with Crippen molar-refractivity contribution < 1.29 is 9.50 Å². The zero-order chi connectivity index (χ0) is 14.8. The van der Waals surface area contributed by atoms with Crippen molar-refractivity contribution in [3.63, 3.8) is 0 Å². The summed E-state index contributed by atoms with van der Waals surface area (Å²) in [5.41, 5.74) is 2.24. The Morgan fingerprint density at radius 2 is 2.05 bits per heavy atom. The highest BCUT2D eigenvalue weighted by atomic mass is 19.1. The molecule has 1 N–H and O–H groups in total. The Labute approximate surface area is 123 Å². The first-order valence-electron chi connectivity index (χ1n) is 7.28. The number of aliphatic hydroxyl groups is 1. The highest BCUT2D eigenvalue weighted by molar-refractivity contribution is 5.21. The van der Waals surface area contributed by atoms with Crippen LogP contribution >= 0.6 is 0 Å². The topological polar surface area (TPSA) is 41.3 Å². The van der Waals surface area contributed by atoms with Crippen molar-refractivity contribution in [3.8, 4) is 0 Å². The Kier molecular flexibility index (Phi) is 4.03. The first kappa shape index (κ1) is 14.2. The van der Waals surface area contributed by atoms with Gasteiger partial charge in [-0.05, 0) is 30.2 Å². The number of likely N-dealkylation sites (tertiary alicyclic amines) is 1. The van der Waals surface area contributed by atoms with Gasteiger partial charge >= 0.3 is 0 Å². The summed E-state index contributed by atoms with van der Waals surface area (Å²) in [6, 6.07) is 8.77. The number of benzene rings is 1. The third-order valence-corrected chi connectivity index (χ3v) is 4.21. The third-order valence-electron chi connectivity index (χ3n) is 4.21. The predicted molar refractivity (Wildman–Crippen MR) is 78.2 cm³/mol. The fourth-order valence-corrected chi connectivity index (χ4v) is 3.06. The van der Waals surface area contributed by atoms with Crippen LogP contribution in [0.1, 0.15) is 23.7 Å². The molecule has 1 aliphatic rings. The second-order valence-corrected chi connectivity index (χ2v) is 5.65. The summed E-state index contributed by atoms with van der Waals surface area (Å²) in [5.74, 6) is -0.223. The number of nitrogens with zero attached hydrogens (tertiary/aromatic N) is 3. The van der Waals surface area contributed by atoms with E-state index in [2.05, 4.69) is 10.00 Å². The lowest BCUT2D eigenvalue weighted by Gasteiger charge is -2.24. The molecular formula is C16H20FN3O. The molecule has 2 aromatic rings. The summed E-state index contributed by atoms with van der Waals surface area (Å²) in [7, 11) is 1.94. The molecule has 0 spiro atoms. The number of aryl methyl sites for hydroxylation is 1. The second-order valence-electron chi connectivity index (χ2n) is 5.65. The standard InChI is InChI=1S/C16H20FN3O/c1-19-14(6-8-18-19)7-9-20-11-15(21)10-16(20)12-2-4-13(17)5-3-12/h2-6,8,15-16,21H,7,9-11H2,1H3/t15-,16-/m1/s1. The molecule has 21 heavy (non-hydrogen) atoms. The normalized spacial score (nSPS) is 22.8. The van der Waals surface area contributed by atoms with Crippen LogP contribution in [0.2, 0.25) is 0 Å². The number of aliphatic hydroxyl groups excluding tert-OH is 1. The first-order valence-corrected chi connectivity index (χ1v) is 7.28. The molecule has 1 fully saturated rings. The number of β-amino-alcohol motifs (C(OH)–C–C–N with tert-alkyl or cyclic N) is 1. The van der Waals surface area contributed by atoms with E-state index in [0.717, 1.165) is 18.5 Å². The van der Waals surface area contributed by atoms with Gasteiger partial charge in [-0.3, -0.25) is 9.58 Å². The van der Waals surface area contributed by atoms with Crippen molar-refractivity contribution in [2.75, 3.05) is 13.1 Å². The van der Waals surface area contributed by atoms with Crippen LogP contribution in [-0.4, -0.2) is 39.0 Å². The average Bonchev–Trinajstić information content (AvgIpc) is 3.03. The Morgan fingerprint density at radius 1 is 1.29 bits per heavy atom. The minimum Gasteiger partial charge on any atom is -0.392 e. The Bertz CT molecular complexity index is 596. The van der Waals surface area contributed by atoms with Gasteiger partial charge in [0.25, 0.3) is 0 Å². The monoisotopic (exact) mass is 289 g/mol. The van der Waals surface area contributed by atoms with E-state index in [-0.39, 0.29) is 18.0 Å². The molecule has 5 heteroatoms. The van der Waals surface area contributed by atoms with Gasteiger partial charge < -0.3 is 5.11 Å². The lowest BCUT2D eigenvalue weighted by Crippen LogP contribution is -2.27. The van der Waals surface area contributed by atoms with E-state index < -0.39 is 0 Å². The van der Waals surface area contributed by atoms with Crippen LogP contribution in [-0.2, 0) is 13.5 Å². The minimum absolute atomic E-state index is 0.161. The third kappa shape index (κ3) is 3.14. The summed E-state index contributed by atoms with van der Waals surface area (Å²) in [6.07, 6.45) is 3.08. The molecule has 0 bridgehead atoms. The molecule has 1 aromatic heterocycles. The number of hydrogen-bond donors (Lipinski definition) is 1. The Balaban J connectivity index is 1.70. The zero-order valence-electron chi connectivity index (χ0n) is 12.1. The summed E-state index contributed by atoms with van der Waals surface area (Å²) < 4.78 is 14.9. The van der Waals surface area contributed by atoms with E-state index in [4.69, 9.17) is 0 Å². The van der Waals surface area contributed by atoms with Crippen LogP contribution in [0.25, 0.3) is 0 Å². The van der Waals surface area contributed by atoms with Gasteiger partial charge in [0.2, 0.25) is 0 Å². The average molecular weight is 289 g/mol. The maximum atomic E-state index is 13.1. The van der Waals surface area contributed by atoms with E-state index in [9.17, 15) is 9.50 Å². The van der Waals surface area contributed by atoms with Gasteiger partial charge in [-0.1, -0.05) is 12.1 Å². The van der Waals surface area contributed by atoms with Gasteiger partial charge in [-0.25, -0.2) is 4.39 Å². The largest absolute Gasteiger partial charge is 0.392 e. The van der Waals surface area contributed by atoms with Crippen molar-refractivity contribution in [2.45, 2.75) is 25.0 Å². The molecular weight excluding hydrogens is 269 g/mol. The van der Waals surface area contributed by atoms with Gasteiger partial charge in [0.05, 0.1) is 6.10 Å². The molecule has 1 saturated heterocycles. The Morgan fingerprint density at radius 3 is 2.71 bits per heavy atom. The summed E-state index contributed by atoms with van der Waals surface area (Å²) in [6.45, 7) is 1.53. The molecule has 0 unspecified atom stereocenters. The second kappa shape index (κ2) is 5.95. The summed E-state index contributed by atoms with van der Waals surface area (Å²) >= 11 is 0. The highest BCUT2D eigenvalue weighted by Gasteiger charge is 2.31. The van der Waals surface area contributed by atoms with Gasteiger partial charge in [0.1, 0.15) is 5.82 Å². The van der Waals surface area contributed by atoms with Gasteiger partial charge in [-0.15, -0.1) is 0 Å². The fourth-order valence-electron chi connectivity index (χ4n) is 3.06. The predicted octanol–water partition coefficient (Wildman–Crippen LogP) is 1.91. The van der Waals surface area contributed by atoms with Crippen LogP contribution in [0.5, 0.6) is 0 Å². The summed E-state index contributed by atoms with van der Waals surface area (Å²) in [5, 5.41) is 14.1. The minimum atomic E-state index is -0.313. The van der Waals surface area contributed by atoms with Gasteiger partial charge in [-0.2, -0.15) is 5.10 Å². The number of hydrogen-bond acceptors (Lipinski definition) is 3. The van der Waals surface area contributed by atoms with Gasteiger partial charge in [0, 0.05) is 44.5 Å². The van der Waals surface area contributed by atoms with Crippen LogP contribution in [0, 0.1) is 5.82 Å². The SMILES string of the molecule is Cn1nccc1CCN1C[C@H](O)C[C@@H]1c1ccc(F)cc1. The van der Waals surface area contributed by atoms with Crippen LogP contribution in [0.15, 0.2) is 36.5 Å². The number of halogens is 1. The van der Waals surface area contributed by atoms with Crippen molar-refractivity contribution >= 4 is 0 Å². The maximum Gasteiger partial charge on any atom is 0.123 e. The van der Waals surface area contributed by atoms with E-state index in [1.165, 1.54) is 17.8 Å². The first-order chi connectivity index (χ1) is 10.1. The molecule has 112 valence electrons. The zero-order valence-corrected chi connectivity index (χ0v) is 12.1. The maximum absolute atomic E-state index is 13.1. The molecule has 0 amide bonds. The van der Waals surface area contributed by atoms with Crippen molar-refractivity contribution in [1.82, 2.24) is 14.7 Å². The van der Waals surface area contributed by atoms with E-state index in [0.29, 0.717) is 13.0 Å². The molecule has 2 atom stereocenters. The molecule has 1 aliphatic heterocycles. The molecule has 2 heterocycles. The molecule has 0 saturated carbocycles. The van der Waals surface area contributed by atoms with E-state index >= 15 is 0 Å². The van der Waals surface area contributed by atoms with Crippen molar-refractivity contribution in [2.24, 2.45) is 7.05 Å². The molecule has 0 radical (unpaired) electrons. The lowest BCUT2D eigenvalue weighted by atomic mass is 10.0. The summed E-state index contributed by atoms with van der Waals surface area (Å²) in [4.78, 5) is 2.27. The van der Waals surface area contributed by atoms with Gasteiger partial charge in [0.15, 0.2) is 0 Å². The molecule has 0 aliphatic carbocycles. The van der Waals surface area contributed by atoms with Crippen LogP contribution in [0.3, 0.4) is 0 Å². The van der Waals surface area contributed by atoms with E-state index in [1.54, 1.807) is 6.20 Å². The molecule has 3 rings (SSSR count). The fraction of sp³-hybridized carbons (Fsp3) is 0.438. The molecule has 4 nitrogen and oxygen atoms in total. The smallest absolute Gasteiger partial charge is 0.123 e. The van der Waals surface area contributed by atoms with Crippen molar-refractivity contribution in [3.05, 3.63) is 53.6 Å². The highest BCUT2D eigenvalue weighted by Crippen LogP contribution is 2.32. The Hall–Kier alpha value is -1.72. The molecule has 1 aromatic carbocycles. The number of aromatic nitrogens is 2. The number of rotatable bonds is 4. The van der Waals surface area contributed by atoms with Crippen LogP contribution in [0.4, 0.5) is 4.39 Å². The van der Waals surface area contributed by atoms with E-state index in [1.807, 2.05) is 29.9 Å². The van der Waals surface area contributed by atoms with Crippen LogP contribution < -0.4 is 0 Å².